The van der Waals surface area contributed by atoms with E-state index in [1.54, 1.807) is 0 Å². The van der Waals surface area contributed by atoms with E-state index < -0.39 is 11.1 Å². The van der Waals surface area contributed by atoms with E-state index in [1.165, 1.54) is 5.56 Å². The molecule has 0 bridgehead atoms. The van der Waals surface area contributed by atoms with Gasteiger partial charge >= 0.3 is 0 Å². The van der Waals surface area contributed by atoms with Crippen LogP contribution >= 0.6 is 0 Å². The molecule has 1 fully saturated rings. The highest BCUT2D eigenvalue weighted by Gasteiger charge is 2.49. The van der Waals surface area contributed by atoms with Crippen LogP contribution in [0.1, 0.15) is 36.6 Å². The molecule has 2 aromatic carbocycles. The Morgan fingerprint density at radius 3 is 2.44 bits per heavy atom. The molecular formula is C28H27N5O. The van der Waals surface area contributed by atoms with Gasteiger partial charge in [0.2, 0.25) is 0 Å². The first-order chi connectivity index (χ1) is 16.2. The smallest absolute Gasteiger partial charge is 0.165 e. The molecule has 0 aliphatic heterocycles. The van der Waals surface area contributed by atoms with Crippen LogP contribution in [0.5, 0.6) is 0 Å². The van der Waals surface area contributed by atoms with E-state index in [2.05, 4.69) is 71.6 Å². The molecule has 0 unspecified atom stereocenters. The molecule has 1 saturated carbocycles. The molecule has 6 heteroatoms. The van der Waals surface area contributed by atoms with Gasteiger partial charge in [0, 0.05) is 34.3 Å². The fourth-order valence-electron chi connectivity index (χ4n) is 5.38. The summed E-state index contributed by atoms with van der Waals surface area (Å²) in [6.07, 6.45) is 2.99. The van der Waals surface area contributed by atoms with Crippen molar-refractivity contribution >= 4 is 16.7 Å². The monoisotopic (exact) mass is 449 g/mol. The highest BCUT2D eigenvalue weighted by molar-refractivity contribution is 5.90. The van der Waals surface area contributed by atoms with Crippen molar-refractivity contribution in [3.63, 3.8) is 0 Å². The fourth-order valence-corrected chi connectivity index (χ4v) is 5.38. The third kappa shape index (κ3) is 3.38. The lowest BCUT2D eigenvalue weighted by Gasteiger charge is -2.49. The quantitative estimate of drug-likeness (QED) is 0.408. The average Bonchev–Trinajstić information content (AvgIpc) is 3.18. The zero-order valence-electron chi connectivity index (χ0n) is 19.6. The van der Waals surface area contributed by atoms with Crippen molar-refractivity contribution < 1.29 is 5.11 Å². The maximum Gasteiger partial charge on any atom is 0.165 e. The predicted octanol–water partition coefficient (Wildman–Crippen LogP) is 4.93. The Kier molecular flexibility index (Phi) is 4.43. The molecule has 3 N–H and O–H groups in total. The van der Waals surface area contributed by atoms with Gasteiger partial charge in [0.1, 0.15) is 0 Å². The summed E-state index contributed by atoms with van der Waals surface area (Å²) < 4.78 is 1.81. The van der Waals surface area contributed by atoms with E-state index in [9.17, 15) is 5.11 Å². The maximum absolute atomic E-state index is 10.2. The van der Waals surface area contributed by atoms with Crippen molar-refractivity contribution in [3.05, 3.63) is 83.7 Å². The summed E-state index contributed by atoms with van der Waals surface area (Å²) in [5.74, 6) is 0. The van der Waals surface area contributed by atoms with Gasteiger partial charge in [0.05, 0.1) is 17.0 Å². The summed E-state index contributed by atoms with van der Waals surface area (Å²) in [5.41, 5.74) is 14.1. The topological polar surface area (TPSA) is 89.3 Å². The highest BCUT2D eigenvalue weighted by atomic mass is 16.3. The van der Waals surface area contributed by atoms with Crippen LogP contribution in [0.25, 0.3) is 39.1 Å². The number of nitrogens with two attached hydrogens (primary N) is 1. The van der Waals surface area contributed by atoms with Gasteiger partial charge in [0.15, 0.2) is 11.3 Å². The van der Waals surface area contributed by atoms with Crippen molar-refractivity contribution in [3.8, 4) is 22.4 Å². The largest absolute Gasteiger partial charge is 0.390 e. The zero-order chi connectivity index (χ0) is 23.7. The Hall–Kier alpha value is -3.61. The molecule has 1 aliphatic carbocycles. The molecule has 0 atom stereocenters. The molecule has 5 aromatic rings. The van der Waals surface area contributed by atoms with Crippen LogP contribution < -0.4 is 5.73 Å². The molecule has 170 valence electrons. The Bertz CT molecular complexity index is 1560. The second kappa shape index (κ2) is 7.19. The van der Waals surface area contributed by atoms with Crippen LogP contribution in [0.3, 0.4) is 0 Å². The Labute approximate surface area is 198 Å². The van der Waals surface area contributed by atoms with E-state index in [1.807, 2.05) is 30.6 Å². The predicted molar refractivity (Wildman–Crippen MR) is 134 cm³/mol. The van der Waals surface area contributed by atoms with Crippen molar-refractivity contribution in [1.29, 1.82) is 0 Å². The van der Waals surface area contributed by atoms with Gasteiger partial charge in [0.25, 0.3) is 0 Å². The minimum Gasteiger partial charge on any atom is -0.390 e. The molecule has 0 radical (unpaired) electrons. The van der Waals surface area contributed by atoms with Crippen LogP contribution in [0.4, 0.5) is 0 Å². The highest BCUT2D eigenvalue weighted by Crippen LogP contribution is 2.46. The van der Waals surface area contributed by atoms with Gasteiger partial charge in [-0.05, 0) is 50.8 Å². The summed E-state index contributed by atoms with van der Waals surface area (Å²) in [4.78, 5) is 9.71. The lowest BCUT2D eigenvalue weighted by Crippen LogP contribution is -2.58. The molecule has 34 heavy (non-hydrogen) atoms. The molecule has 3 heterocycles. The van der Waals surface area contributed by atoms with Crippen molar-refractivity contribution in [2.45, 2.75) is 44.8 Å². The second-order valence-corrected chi connectivity index (χ2v) is 10.1. The summed E-state index contributed by atoms with van der Waals surface area (Å²) in [6.45, 7) is 5.90. The van der Waals surface area contributed by atoms with Crippen LogP contribution in [-0.4, -0.2) is 30.3 Å². The number of aryl methyl sites for hydroxylation is 2. The maximum atomic E-state index is 10.2. The summed E-state index contributed by atoms with van der Waals surface area (Å²) in [7, 11) is 0. The summed E-state index contributed by atoms with van der Waals surface area (Å²) >= 11 is 0. The van der Waals surface area contributed by atoms with E-state index in [0.717, 1.165) is 50.3 Å². The van der Waals surface area contributed by atoms with Crippen LogP contribution in [0, 0.1) is 13.8 Å². The number of hydrogen-bond donors (Lipinski definition) is 2. The van der Waals surface area contributed by atoms with Gasteiger partial charge in [-0.15, -0.1) is 0 Å². The van der Waals surface area contributed by atoms with Gasteiger partial charge < -0.3 is 10.8 Å². The first-order valence-electron chi connectivity index (χ1n) is 11.6. The SMILES string of the molecule is Cc1cccc(-c2cc3cnc4cc(C)nn4c3nc2-c2ccc(C3(N)CC(C)(O)C3)cc2)c1. The number of rotatable bonds is 3. The van der Waals surface area contributed by atoms with Crippen LogP contribution in [0.15, 0.2) is 66.9 Å². The molecule has 6 rings (SSSR count). The van der Waals surface area contributed by atoms with Crippen molar-refractivity contribution in [1.82, 2.24) is 19.6 Å². The number of pyridine rings is 1. The normalized spacial score (nSPS) is 22.3. The number of fused-ring (bicyclic) bond motifs is 3. The lowest BCUT2D eigenvalue weighted by molar-refractivity contribution is -0.0738. The molecule has 0 saturated heterocycles. The molecule has 0 spiro atoms. The third-order valence-electron chi connectivity index (χ3n) is 6.84. The first kappa shape index (κ1) is 21.0. The fraction of sp³-hybridized carbons (Fsp3) is 0.250. The lowest BCUT2D eigenvalue weighted by atomic mass is 9.63. The van der Waals surface area contributed by atoms with Crippen LogP contribution in [0.2, 0.25) is 0 Å². The number of aromatic nitrogens is 4. The third-order valence-corrected chi connectivity index (χ3v) is 6.84. The number of hydrogen-bond acceptors (Lipinski definition) is 5. The van der Waals surface area contributed by atoms with Gasteiger partial charge in [-0.2, -0.15) is 9.61 Å². The molecular weight excluding hydrogens is 422 g/mol. The van der Waals surface area contributed by atoms with Crippen LogP contribution in [-0.2, 0) is 5.54 Å². The Morgan fingerprint density at radius 1 is 0.971 bits per heavy atom. The van der Waals surface area contributed by atoms with E-state index in [0.29, 0.717) is 12.8 Å². The first-order valence-corrected chi connectivity index (χ1v) is 11.6. The number of nitrogens with zero attached hydrogens (tertiary/aromatic N) is 4. The van der Waals surface area contributed by atoms with E-state index in [4.69, 9.17) is 10.7 Å². The summed E-state index contributed by atoms with van der Waals surface area (Å²) in [5, 5.41) is 15.8. The molecule has 6 nitrogen and oxygen atoms in total. The number of benzene rings is 2. The average molecular weight is 450 g/mol. The minimum atomic E-state index is -0.688. The second-order valence-electron chi connectivity index (χ2n) is 10.1. The van der Waals surface area contributed by atoms with Crippen molar-refractivity contribution in [2.75, 3.05) is 0 Å². The minimum absolute atomic E-state index is 0.483. The van der Waals surface area contributed by atoms with Gasteiger partial charge in [-0.1, -0.05) is 54.1 Å². The van der Waals surface area contributed by atoms with E-state index in [-0.39, 0.29) is 0 Å². The zero-order valence-corrected chi connectivity index (χ0v) is 19.6. The molecule has 3 aromatic heterocycles. The molecule has 0 amide bonds. The Morgan fingerprint density at radius 2 is 1.74 bits per heavy atom. The summed E-state index contributed by atoms with van der Waals surface area (Å²) in [6, 6.07) is 20.9. The standard InChI is InChI=1S/C28H27N5O/c1-17-5-4-6-20(11-17)23-13-21-14-30-24-12-18(2)32-33(24)26(21)31-25(23)19-7-9-22(10-8-19)28(29)15-27(3,34)16-28/h4-14,34H,15-16,29H2,1-3H3. The van der Waals surface area contributed by atoms with Gasteiger partial charge in [-0.3, -0.25) is 0 Å². The Balaban J connectivity index is 1.54. The van der Waals surface area contributed by atoms with Gasteiger partial charge in [-0.25, -0.2) is 9.97 Å². The number of aliphatic hydroxyl groups is 1. The molecule has 1 aliphatic rings. The van der Waals surface area contributed by atoms with E-state index >= 15 is 0 Å². The van der Waals surface area contributed by atoms with Crippen molar-refractivity contribution in [2.24, 2.45) is 5.73 Å².